The topological polar surface area (TPSA) is 21.7 Å². The van der Waals surface area contributed by atoms with E-state index >= 15 is 0 Å². The molecule has 0 fully saturated rings. The summed E-state index contributed by atoms with van der Waals surface area (Å²) in [6.45, 7) is 4.83. The molecule has 2 rings (SSSR count). The number of alkyl halides is 2. The lowest BCUT2D eigenvalue weighted by molar-refractivity contribution is 0.269. The number of ether oxygens (including phenoxy) is 2. The van der Waals surface area contributed by atoms with Gasteiger partial charge < -0.3 is 14.4 Å². The molecule has 0 aliphatic heterocycles. The second-order valence-electron chi connectivity index (χ2n) is 6.85. The lowest BCUT2D eigenvalue weighted by atomic mass is 9.79. The van der Waals surface area contributed by atoms with Gasteiger partial charge in [-0.3, -0.25) is 0 Å². The van der Waals surface area contributed by atoms with Gasteiger partial charge in [0.2, 0.25) is 0 Å². The Bertz CT molecular complexity index is 670. The van der Waals surface area contributed by atoms with Crippen molar-refractivity contribution in [2.75, 3.05) is 45.6 Å². The Morgan fingerprint density at radius 2 is 1.18 bits per heavy atom. The van der Waals surface area contributed by atoms with Crippen molar-refractivity contribution < 1.29 is 9.47 Å². The smallest absolute Gasteiger partial charge is 0.118 e. The zero-order chi connectivity index (χ0) is 20.4. The van der Waals surface area contributed by atoms with Gasteiger partial charge in [0.25, 0.3) is 0 Å². The molecule has 0 amide bonds. The molecule has 0 heterocycles. The Balaban J connectivity index is 2.37. The monoisotopic (exact) mass is 423 g/mol. The number of hydrogen-bond acceptors (Lipinski definition) is 3. The van der Waals surface area contributed by atoms with Crippen LogP contribution in [-0.4, -0.2) is 50.5 Å². The standard InChI is InChI=1S/C23H31Cl2NO2/c1-4-22(18-5-9-20(27-2)10-6-18)23(17-26(15-13-24)16-14-25)19-7-11-21(28-3)12-8-19/h5-12,22-23H,4,13-17H2,1-3H3/t22-,23-/m0/s1. The number of benzene rings is 2. The maximum atomic E-state index is 6.05. The van der Waals surface area contributed by atoms with E-state index in [9.17, 15) is 0 Å². The minimum Gasteiger partial charge on any atom is -0.497 e. The van der Waals surface area contributed by atoms with Gasteiger partial charge in [0, 0.05) is 37.3 Å². The van der Waals surface area contributed by atoms with Crippen LogP contribution in [0.15, 0.2) is 48.5 Å². The van der Waals surface area contributed by atoms with Crippen molar-refractivity contribution in [2.45, 2.75) is 25.2 Å². The summed E-state index contributed by atoms with van der Waals surface area (Å²) in [5.41, 5.74) is 2.62. The second kappa shape index (κ2) is 12.2. The fraction of sp³-hybridized carbons (Fsp3) is 0.478. The Morgan fingerprint density at radius 1 is 0.750 bits per heavy atom. The van der Waals surface area contributed by atoms with Crippen LogP contribution < -0.4 is 9.47 Å². The van der Waals surface area contributed by atoms with Crippen LogP contribution in [0.4, 0.5) is 0 Å². The Hall–Kier alpha value is -1.42. The van der Waals surface area contributed by atoms with Gasteiger partial charge in [-0.25, -0.2) is 0 Å². The lowest BCUT2D eigenvalue weighted by Crippen LogP contribution is -2.34. The highest BCUT2D eigenvalue weighted by molar-refractivity contribution is 6.18. The van der Waals surface area contributed by atoms with Crippen LogP contribution >= 0.6 is 23.2 Å². The first-order valence-corrected chi connectivity index (χ1v) is 10.9. The summed E-state index contributed by atoms with van der Waals surface area (Å²) in [7, 11) is 3.39. The summed E-state index contributed by atoms with van der Waals surface area (Å²) >= 11 is 12.1. The number of hydrogen-bond donors (Lipinski definition) is 0. The van der Waals surface area contributed by atoms with Gasteiger partial charge in [0.15, 0.2) is 0 Å². The van der Waals surface area contributed by atoms with Crippen LogP contribution in [0.5, 0.6) is 11.5 Å². The molecule has 0 aliphatic carbocycles. The molecule has 0 aromatic heterocycles. The summed E-state index contributed by atoms with van der Waals surface area (Å²) in [5, 5.41) is 0. The molecule has 0 N–H and O–H groups in total. The molecule has 0 spiro atoms. The summed E-state index contributed by atoms with van der Waals surface area (Å²) < 4.78 is 10.7. The Labute approximate surface area is 179 Å². The van der Waals surface area contributed by atoms with Gasteiger partial charge in [0.05, 0.1) is 14.2 Å². The average Bonchev–Trinajstić information content (AvgIpc) is 2.74. The number of nitrogens with zero attached hydrogens (tertiary/aromatic N) is 1. The molecule has 154 valence electrons. The SMILES string of the molecule is CC[C@@H](c1ccc(OC)cc1)[C@@H](CN(CCCl)CCCl)c1ccc(OC)cc1. The minimum atomic E-state index is 0.329. The average molecular weight is 424 g/mol. The van der Waals surface area contributed by atoms with E-state index in [1.54, 1.807) is 14.2 Å². The molecule has 0 aliphatic rings. The van der Waals surface area contributed by atoms with Gasteiger partial charge in [-0.15, -0.1) is 23.2 Å². The number of halogens is 2. The predicted molar refractivity (Wildman–Crippen MR) is 120 cm³/mol. The Kier molecular flexibility index (Phi) is 9.97. The van der Waals surface area contributed by atoms with Gasteiger partial charge in [-0.1, -0.05) is 31.2 Å². The van der Waals surface area contributed by atoms with E-state index in [-0.39, 0.29) is 0 Å². The molecule has 2 aromatic rings. The van der Waals surface area contributed by atoms with E-state index in [2.05, 4.69) is 36.1 Å². The molecular formula is C23H31Cl2NO2. The van der Waals surface area contributed by atoms with Crippen LogP contribution in [0.3, 0.4) is 0 Å². The van der Waals surface area contributed by atoms with E-state index in [1.165, 1.54) is 11.1 Å². The molecule has 0 radical (unpaired) electrons. The van der Waals surface area contributed by atoms with E-state index in [4.69, 9.17) is 32.7 Å². The largest absolute Gasteiger partial charge is 0.497 e. The van der Waals surface area contributed by atoms with Crippen molar-refractivity contribution in [3.05, 3.63) is 59.7 Å². The maximum Gasteiger partial charge on any atom is 0.118 e. The van der Waals surface area contributed by atoms with Crippen LogP contribution in [0.1, 0.15) is 36.3 Å². The highest BCUT2D eigenvalue weighted by Gasteiger charge is 2.26. The van der Waals surface area contributed by atoms with E-state index in [1.807, 2.05) is 24.3 Å². The summed E-state index contributed by atoms with van der Waals surface area (Å²) in [6, 6.07) is 16.9. The van der Waals surface area contributed by atoms with E-state index in [0.29, 0.717) is 23.6 Å². The fourth-order valence-corrected chi connectivity index (χ4v) is 4.21. The maximum absolute atomic E-state index is 6.05. The molecular weight excluding hydrogens is 393 g/mol. The molecule has 2 atom stereocenters. The van der Waals surface area contributed by atoms with Crippen molar-refractivity contribution in [1.82, 2.24) is 4.90 Å². The van der Waals surface area contributed by atoms with Crippen molar-refractivity contribution in [1.29, 1.82) is 0 Å². The molecule has 0 bridgehead atoms. The molecule has 5 heteroatoms. The number of methoxy groups -OCH3 is 2. The van der Waals surface area contributed by atoms with Crippen LogP contribution in [0.2, 0.25) is 0 Å². The van der Waals surface area contributed by atoms with Crippen molar-refractivity contribution in [2.24, 2.45) is 0 Å². The van der Waals surface area contributed by atoms with Crippen molar-refractivity contribution in [3.8, 4) is 11.5 Å². The highest BCUT2D eigenvalue weighted by atomic mass is 35.5. The predicted octanol–water partition coefficient (Wildman–Crippen LogP) is 5.76. The third-order valence-corrected chi connectivity index (χ3v) is 5.61. The first-order chi connectivity index (χ1) is 13.7. The van der Waals surface area contributed by atoms with Gasteiger partial charge in [0.1, 0.15) is 11.5 Å². The molecule has 0 unspecified atom stereocenters. The molecule has 3 nitrogen and oxygen atoms in total. The van der Waals surface area contributed by atoms with Crippen LogP contribution in [-0.2, 0) is 0 Å². The first-order valence-electron chi connectivity index (χ1n) is 9.78. The third-order valence-electron chi connectivity index (χ3n) is 5.27. The normalized spacial score (nSPS) is 13.4. The lowest BCUT2D eigenvalue weighted by Gasteiger charge is -2.32. The van der Waals surface area contributed by atoms with E-state index < -0.39 is 0 Å². The van der Waals surface area contributed by atoms with Gasteiger partial charge in [-0.05, 0) is 47.7 Å². The molecule has 28 heavy (non-hydrogen) atoms. The molecule has 0 saturated carbocycles. The summed E-state index contributed by atoms with van der Waals surface area (Å²) in [4.78, 5) is 2.36. The third kappa shape index (κ3) is 6.30. The zero-order valence-electron chi connectivity index (χ0n) is 17.0. The van der Waals surface area contributed by atoms with Crippen LogP contribution in [0.25, 0.3) is 0 Å². The zero-order valence-corrected chi connectivity index (χ0v) is 18.5. The van der Waals surface area contributed by atoms with Gasteiger partial charge >= 0.3 is 0 Å². The van der Waals surface area contributed by atoms with Crippen LogP contribution in [0, 0.1) is 0 Å². The Morgan fingerprint density at radius 3 is 1.54 bits per heavy atom. The summed E-state index contributed by atoms with van der Waals surface area (Å²) in [6.07, 6.45) is 1.04. The highest BCUT2D eigenvalue weighted by Crippen LogP contribution is 2.37. The van der Waals surface area contributed by atoms with Crippen molar-refractivity contribution in [3.63, 3.8) is 0 Å². The minimum absolute atomic E-state index is 0.329. The molecule has 2 aromatic carbocycles. The molecule has 0 saturated heterocycles. The van der Waals surface area contributed by atoms with E-state index in [0.717, 1.165) is 37.6 Å². The van der Waals surface area contributed by atoms with Gasteiger partial charge in [-0.2, -0.15) is 0 Å². The number of rotatable bonds is 12. The summed E-state index contributed by atoms with van der Waals surface area (Å²) in [5.74, 6) is 3.67. The second-order valence-corrected chi connectivity index (χ2v) is 7.60. The fourth-order valence-electron chi connectivity index (χ4n) is 3.73. The first kappa shape index (κ1) is 22.9. The quantitative estimate of drug-likeness (QED) is 0.405. The van der Waals surface area contributed by atoms with Crippen molar-refractivity contribution >= 4 is 23.2 Å².